The van der Waals surface area contributed by atoms with Crippen LogP contribution in [0.3, 0.4) is 0 Å². The molecule has 2 unspecified atom stereocenters. The van der Waals surface area contributed by atoms with Crippen LogP contribution < -0.4 is 5.32 Å². The lowest BCUT2D eigenvalue weighted by atomic mass is 9.87. The van der Waals surface area contributed by atoms with Gasteiger partial charge in [0.15, 0.2) is 0 Å². The largest absolute Gasteiger partial charge is 0.468 e. The summed E-state index contributed by atoms with van der Waals surface area (Å²) in [7, 11) is 1.54. The Kier molecular flexibility index (Phi) is 6.53. The summed E-state index contributed by atoms with van der Waals surface area (Å²) in [6, 6.07) is 0.504. The Hall–Kier alpha value is -0.570. The minimum atomic E-state index is -0.409. The highest BCUT2D eigenvalue weighted by atomic mass is 16.5. The molecule has 2 atom stereocenters. The maximum atomic E-state index is 12.5. The highest BCUT2D eigenvalue weighted by molar-refractivity contribution is 5.80. The number of nitrogens with one attached hydrogen (secondary N) is 1. The molecule has 0 radical (unpaired) electrons. The van der Waals surface area contributed by atoms with E-state index in [2.05, 4.69) is 12.2 Å². The van der Waals surface area contributed by atoms with Crippen LogP contribution >= 0.6 is 0 Å². The molecule has 0 heterocycles. The van der Waals surface area contributed by atoms with Crippen LogP contribution in [-0.2, 0) is 9.53 Å². The molecule has 0 aromatic carbocycles. The van der Waals surface area contributed by atoms with Crippen LogP contribution in [0.4, 0.5) is 0 Å². The van der Waals surface area contributed by atoms with Crippen molar-refractivity contribution in [3.05, 3.63) is 0 Å². The Morgan fingerprint density at radius 1 is 1.05 bits per heavy atom. The van der Waals surface area contributed by atoms with Crippen molar-refractivity contribution in [1.82, 2.24) is 5.32 Å². The van der Waals surface area contributed by atoms with Crippen molar-refractivity contribution < 1.29 is 9.53 Å². The number of hydrogen-bond acceptors (Lipinski definition) is 3. The van der Waals surface area contributed by atoms with Gasteiger partial charge >= 0.3 is 5.97 Å². The zero-order chi connectivity index (χ0) is 15.1. The lowest BCUT2D eigenvalue weighted by Crippen LogP contribution is -2.56. The maximum absolute atomic E-state index is 12.5. The predicted octanol–water partition coefficient (Wildman–Crippen LogP) is 4.20. The molecule has 2 aliphatic rings. The van der Waals surface area contributed by atoms with E-state index in [1.165, 1.54) is 51.4 Å². The summed E-state index contributed by atoms with van der Waals surface area (Å²) >= 11 is 0. The lowest BCUT2D eigenvalue weighted by molar-refractivity contribution is -0.149. The monoisotopic (exact) mass is 295 g/mol. The quantitative estimate of drug-likeness (QED) is 0.624. The molecule has 0 aromatic heterocycles. The fraction of sp³-hybridized carbons (Fsp3) is 0.944. The van der Waals surface area contributed by atoms with Gasteiger partial charge in [0.2, 0.25) is 0 Å². The van der Waals surface area contributed by atoms with Crippen LogP contribution in [0.2, 0.25) is 0 Å². The first-order valence-corrected chi connectivity index (χ1v) is 9.06. The van der Waals surface area contributed by atoms with Gasteiger partial charge in [0, 0.05) is 6.04 Å². The van der Waals surface area contributed by atoms with Gasteiger partial charge in [-0.2, -0.15) is 0 Å². The SMILES string of the molecule is CCC1CCCC(NC2CCCCCC2)(C(=O)OC)CC1. The van der Waals surface area contributed by atoms with Crippen molar-refractivity contribution in [2.75, 3.05) is 7.11 Å². The minimum Gasteiger partial charge on any atom is -0.468 e. The van der Waals surface area contributed by atoms with Gasteiger partial charge in [0.05, 0.1) is 7.11 Å². The molecule has 2 aliphatic carbocycles. The van der Waals surface area contributed by atoms with E-state index in [9.17, 15) is 4.79 Å². The van der Waals surface area contributed by atoms with Gasteiger partial charge in [-0.25, -0.2) is 0 Å². The number of carbonyl (C=O) groups is 1. The first-order valence-electron chi connectivity index (χ1n) is 9.06. The molecule has 0 amide bonds. The van der Waals surface area contributed by atoms with E-state index in [1.807, 2.05) is 0 Å². The van der Waals surface area contributed by atoms with Crippen molar-refractivity contribution in [3.63, 3.8) is 0 Å². The third-order valence-electron chi connectivity index (χ3n) is 5.68. The summed E-state index contributed by atoms with van der Waals surface area (Å²) in [5.74, 6) is 0.760. The molecule has 0 aromatic rings. The Morgan fingerprint density at radius 2 is 1.76 bits per heavy atom. The third kappa shape index (κ3) is 4.45. The van der Waals surface area contributed by atoms with Gasteiger partial charge < -0.3 is 4.74 Å². The highest BCUT2D eigenvalue weighted by Gasteiger charge is 2.42. The van der Waals surface area contributed by atoms with E-state index >= 15 is 0 Å². The van der Waals surface area contributed by atoms with Crippen LogP contribution in [0.25, 0.3) is 0 Å². The first kappa shape index (κ1) is 16.8. The summed E-state index contributed by atoms with van der Waals surface area (Å²) in [4.78, 5) is 12.5. The number of methoxy groups -OCH3 is 1. The molecule has 0 aliphatic heterocycles. The molecule has 0 spiro atoms. The van der Waals surface area contributed by atoms with E-state index in [-0.39, 0.29) is 5.97 Å². The van der Waals surface area contributed by atoms with Crippen LogP contribution in [0.1, 0.15) is 84.0 Å². The van der Waals surface area contributed by atoms with Gasteiger partial charge in [-0.05, 0) is 38.0 Å². The molecule has 3 nitrogen and oxygen atoms in total. The average molecular weight is 295 g/mol. The average Bonchev–Trinajstić information content (AvgIpc) is 2.88. The third-order valence-corrected chi connectivity index (χ3v) is 5.68. The molecule has 3 heteroatoms. The topological polar surface area (TPSA) is 38.3 Å². The lowest BCUT2D eigenvalue weighted by Gasteiger charge is -2.35. The highest BCUT2D eigenvalue weighted by Crippen LogP contribution is 2.34. The summed E-state index contributed by atoms with van der Waals surface area (Å²) in [5, 5.41) is 3.77. The fourth-order valence-corrected chi connectivity index (χ4v) is 4.24. The van der Waals surface area contributed by atoms with Gasteiger partial charge in [-0.1, -0.05) is 51.9 Å². The van der Waals surface area contributed by atoms with Crippen LogP contribution in [0.5, 0.6) is 0 Å². The molecule has 2 fully saturated rings. The second-order valence-corrected chi connectivity index (χ2v) is 7.11. The molecule has 21 heavy (non-hydrogen) atoms. The summed E-state index contributed by atoms with van der Waals surface area (Å²) in [6.07, 6.45) is 14.4. The summed E-state index contributed by atoms with van der Waals surface area (Å²) in [6.45, 7) is 2.27. The van der Waals surface area contributed by atoms with E-state index < -0.39 is 5.54 Å². The van der Waals surface area contributed by atoms with Crippen LogP contribution in [0.15, 0.2) is 0 Å². The van der Waals surface area contributed by atoms with Crippen molar-refractivity contribution in [3.8, 4) is 0 Å². The van der Waals surface area contributed by atoms with Crippen molar-refractivity contribution in [1.29, 1.82) is 0 Å². The number of carbonyl (C=O) groups excluding carboxylic acids is 1. The van der Waals surface area contributed by atoms with Crippen molar-refractivity contribution in [2.24, 2.45) is 5.92 Å². The summed E-state index contributed by atoms with van der Waals surface area (Å²) in [5.41, 5.74) is -0.409. The molecule has 0 saturated heterocycles. The second kappa shape index (κ2) is 8.17. The van der Waals surface area contributed by atoms with Crippen LogP contribution in [0, 0.1) is 5.92 Å². The Morgan fingerprint density at radius 3 is 2.38 bits per heavy atom. The van der Waals surface area contributed by atoms with Gasteiger partial charge in [0.25, 0.3) is 0 Å². The predicted molar refractivity (Wildman–Crippen MR) is 86.2 cm³/mol. The Labute approximate surface area is 130 Å². The van der Waals surface area contributed by atoms with E-state index in [4.69, 9.17) is 4.74 Å². The fourth-order valence-electron chi connectivity index (χ4n) is 4.24. The van der Waals surface area contributed by atoms with Gasteiger partial charge in [0.1, 0.15) is 5.54 Å². The minimum absolute atomic E-state index is 0.0245. The zero-order valence-corrected chi connectivity index (χ0v) is 14.0. The second-order valence-electron chi connectivity index (χ2n) is 7.11. The molecule has 122 valence electrons. The van der Waals surface area contributed by atoms with E-state index in [1.54, 1.807) is 7.11 Å². The molecule has 2 rings (SSSR count). The van der Waals surface area contributed by atoms with E-state index in [0.29, 0.717) is 6.04 Å². The molecule has 0 bridgehead atoms. The van der Waals surface area contributed by atoms with Gasteiger partial charge in [-0.15, -0.1) is 0 Å². The molecule has 1 N–H and O–H groups in total. The number of hydrogen-bond donors (Lipinski definition) is 1. The Balaban J connectivity index is 2.06. The molecular weight excluding hydrogens is 262 g/mol. The molecule has 2 saturated carbocycles. The van der Waals surface area contributed by atoms with Crippen molar-refractivity contribution >= 4 is 5.97 Å². The van der Waals surface area contributed by atoms with Gasteiger partial charge in [-0.3, -0.25) is 10.1 Å². The summed E-state index contributed by atoms with van der Waals surface area (Å²) < 4.78 is 5.19. The molecular formula is C18H33NO2. The maximum Gasteiger partial charge on any atom is 0.326 e. The first-order chi connectivity index (χ1) is 10.2. The number of esters is 1. The van der Waals surface area contributed by atoms with Crippen LogP contribution in [-0.4, -0.2) is 24.7 Å². The standard InChI is InChI=1S/C18H33NO2/c1-3-15-9-8-13-18(14-12-15,17(20)21-2)19-16-10-6-4-5-7-11-16/h15-16,19H,3-14H2,1-2H3. The normalized spacial score (nSPS) is 32.2. The number of ether oxygens (including phenoxy) is 1. The Bertz CT molecular complexity index is 323. The van der Waals surface area contributed by atoms with Crippen molar-refractivity contribution in [2.45, 2.75) is 95.6 Å². The van der Waals surface area contributed by atoms with E-state index in [0.717, 1.165) is 31.6 Å². The smallest absolute Gasteiger partial charge is 0.326 e. The number of rotatable bonds is 4. The zero-order valence-electron chi connectivity index (χ0n) is 14.0.